The van der Waals surface area contributed by atoms with Crippen LogP contribution in [0, 0.1) is 61.3 Å². The average Bonchev–Trinajstić information content (AvgIpc) is 0.818. The summed E-state index contributed by atoms with van der Waals surface area (Å²) >= 11 is 5.92. The first kappa shape index (κ1) is 121. The molecule has 0 aliphatic carbocycles. The predicted molar refractivity (Wildman–Crippen MR) is 601 cm³/mol. The SMILES string of the molecule is C=C1C=C(C)c2ccc(C(C)C)cc2O1.C=C1C=CC(C(C)C)=NC1.CC(C)c1ccccc1.CC(C)c1ccccc1Cl.CC(C)c1cccnc1.Cc1ccc(C(C)C)cc1.Cc1ccc(C(C)C)cc1.Cc1ccc(C(C)C)nc1.Cc1ccc(C(C)C)nn1.Cc1ccc2c(C(C)C)noc2c1.Cc1cccc(C(C)C)c1.Cc1cccc(C(C)C)c1.Cc1nnc(C(C)C)n1C(C)C. The average molecular weight is 1880 g/mol. The van der Waals surface area contributed by atoms with Gasteiger partial charge in [0.1, 0.15) is 23.2 Å². The quantitative estimate of drug-likeness (QED) is 0.104. The number of halogens is 1. The molecule has 13 aromatic rings. The molecule has 0 spiro atoms. The molecule has 0 fully saturated rings. The standard InChI is InChI=1S/C14H16O.C11H13NO.4C10H14.C9H11Cl.C9H17N3.2C9H13N.C9H12.C8H12N2.C8H11N/c1-9(2)12-5-6-13-10(3)7-11(4)15-14(13)8-12;1-7(2)11-9-5-4-8(3)6-10(9)13-12-11;2*1-8(2)10-6-4-9(3)5-7-10;2*1-8(2)10-6-4-5-9(3)7-10;1-7(2)8-5-3-4-6-9(8)10;1-6(2)9-11-10-8(5)12(9)7(3)4;2*1-7(2)9-5-4-8(3)6-10-9;1-8(2)9-6-4-3-5-7-9;1-6(2)8-5-4-7(3)9-10-8;1-7(2)8-4-3-5-9-6-8/h5-9H,4H2,1-3H3;4-7H,1-3H3;4*4-8H,1-3H3;3-7H,1-2H3;6-7H,1-5H3;4-7H,1-3H3;4-5,7H,3,6H2,1-2H3;3-8H,1-2H3;4-6H,1-3H3;3-7H,1-2H3. The molecule has 0 unspecified atom stereocenters. The maximum Gasteiger partial charge on any atom is 0.167 e. The lowest BCUT2D eigenvalue weighted by atomic mass is 9.97. The highest BCUT2D eigenvalue weighted by Gasteiger charge is 2.17. The van der Waals surface area contributed by atoms with Crippen LogP contribution in [-0.2, 0) is 0 Å². The van der Waals surface area contributed by atoms with Gasteiger partial charge in [0.2, 0.25) is 0 Å². The van der Waals surface area contributed by atoms with Crippen molar-refractivity contribution in [3.8, 4) is 5.75 Å². The Balaban J connectivity index is 0.000000386. The first-order chi connectivity index (χ1) is 65.0. The zero-order chi connectivity index (χ0) is 104. The van der Waals surface area contributed by atoms with Crippen LogP contribution in [0.5, 0.6) is 5.75 Å². The Kier molecular flexibility index (Phi) is 55.8. The van der Waals surface area contributed by atoms with E-state index >= 15 is 0 Å². The molecule has 0 N–H and O–H groups in total. The molecule has 0 radical (unpaired) electrons. The molecule has 742 valence electrons. The number of nitrogens with zero attached hydrogens (tertiary/aromatic N) is 9. The van der Waals surface area contributed by atoms with Crippen molar-refractivity contribution in [2.45, 2.75) is 333 Å². The second kappa shape index (κ2) is 63.9. The minimum atomic E-state index is 0.420. The van der Waals surface area contributed by atoms with Gasteiger partial charge in [-0.15, -0.1) is 10.2 Å². The number of hydrogen-bond acceptors (Lipinski definition) is 10. The van der Waals surface area contributed by atoms with Crippen LogP contribution in [0.3, 0.4) is 0 Å². The number of aliphatic imine (C=N–C) groups is 1. The fourth-order valence-electron chi connectivity index (χ4n) is 13.6. The number of rotatable bonds is 14. The largest absolute Gasteiger partial charge is 0.457 e. The van der Waals surface area contributed by atoms with Crippen molar-refractivity contribution in [2.24, 2.45) is 10.9 Å². The summed E-state index contributed by atoms with van der Waals surface area (Å²) in [5.41, 5.74) is 28.6. The Bertz CT molecular complexity index is 5390. The van der Waals surface area contributed by atoms with E-state index in [0.29, 0.717) is 83.0 Å². The minimum absolute atomic E-state index is 0.420. The van der Waals surface area contributed by atoms with Gasteiger partial charge in [0, 0.05) is 57.9 Å². The molecular formula is C126H174ClN9O2. The van der Waals surface area contributed by atoms with Gasteiger partial charge in [0.05, 0.1) is 23.6 Å². The molecule has 12 heteroatoms. The van der Waals surface area contributed by atoms with Crippen LogP contribution >= 0.6 is 11.6 Å². The lowest BCUT2D eigenvalue weighted by Crippen LogP contribution is -2.09. The molecule has 7 heterocycles. The topological polar surface area (TPSA) is 130 Å². The number of dihydropyridines is 1. The normalized spacial score (nSPS) is 11.6. The van der Waals surface area contributed by atoms with E-state index in [4.69, 9.17) is 20.9 Å². The highest BCUT2D eigenvalue weighted by atomic mass is 35.5. The molecule has 0 bridgehead atoms. The molecule has 8 aromatic carbocycles. The number of ether oxygens (including phenoxy) is 1. The zero-order valence-electron chi connectivity index (χ0n) is 91.7. The molecule has 2 aliphatic heterocycles. The summed E-state index contributed by atoms with van der Waals surface area (Å²) < 4.78 is 13.0. The van der Waals surface area contributed by atoms with E-state index in [0.717, 1.165) is 68.3 Å². The summed E-state index contributed by atoms with van der Waals surface area (Å²) in [6.45, 7) is 87.8. The third-order valence-corrected chi connectivity index (χ3v) is 22.9. The summed E-state index contributed by atoms with van der Waals surface area (Å²) in [6, 6.07) is 78.5. The van der Waals surface area contributed by atoms with Crippen molar-refractivity contribution >= 4 is 33.9 Å². The van der Waals surface area contributed by atoms with Gasteiger partial charge in [0.25, 0.3) is 0 Å². The van der Waals surface area contributed by atoms with E-state index in [1.807, 2.05) is 86.9 Å². The number of benzene rings is 8. The zero-order valence-corrected chi connectivity index (χ0v) is 92.5. The Hall–Kier alpha value is -11.5. The summed E-state index contributed by atoms with van der Waals surface area (Å²) in [4.78, 5) is 12.6. The Morgan fingerprint density at radius 1 is 0.355 bits per heavy atom. The van der Waals surface area contributed by atoms with E-state index in [2.05, 4.69) is 483 Å². The van der Waals surface area contributed by atoms with Gasteiger partial charge in [-0.25, -0.2) is 0 Å². The fourth-order valence-corrected chi connectivity index (χ4v) is 13.9. The van der Waals surface area contributed by atoms with Crippen LogP contribution in [-0.4, -0.2) is 52.3 Å². The second-order valence-electron chi connectivity index (χ2n) is 40.3. The number of aryl methyl sites for hydroxylation is 8. The van der Waals surface area contributed by atoms with Gasteiger partial charge in [0.15, 0.2) is 5.58 Å². The van der Waals surface area contributed by atoms with E-state index in [1.54, 1.807) is 6.20 Å². The maximum absolute atomic E-state index is 5.92. The van der Waals surface area contributed by atoms with Crippen LogP contribution in [0.2, 0.25) is 5.02 Å². The van der Waals surface area contributed by atoms with Crippen LogP contribution < -0.4 is 4.74 Å². The summed E-state index contributed by atoms with van der Waals surface area (Å²) in [7, 11) is 0. The highest BCUT2D eigenvalue weighted by Crippen LogP contribution is 2.36. The number of allylic oxidation sites excluding steroid dienone is 3. The fraction of sp³-hybridized carbons (Fsp3) is 0.413. The van der Waals surface area contributed by atoms with Crippen molar-refractivity contribution in [3.05, 3.63) is 409 Å². The molecule has 5 aromatic heterocycles. The third kappa shape index (κ3) is 46.7. The number of fused-ring (bicyclic) bond motifs is 2. The first-order valence-electron chi connectivity index (χ1n) is 50.1. The van der Waals surface area contributed by atoms with Gasteiger partial charge in [-0.2, -0.15) is 10.2 Å². The smallest absolute Gasteiger partial charge is 0.167 e. The van der Waals surface area contributed by atoms with Gasteiger partial charge in [-0.3, -0.25) is 15.0 Å². The Morgan fingerprint density at radius 2 is 0.819 bits per heavy atom. The minimum Gasteiger partial charge on any atom is -0.457 e. The van der Waals surface area contributed by atoms with Crippen molar-refractivity contribution in [3.63, 3.8) is 0 Å². The lowest BCUT2D eigenvalue weighted by molar-refractivity contribution is 0.440. The molecule has 0 saturated heterocycles. The highest BCUT2D eigenvalue weighted by molar-refractivity contribution is 6.31. The molecule has 0 atom stereocenters. The van der Waals surface area contributed by atoms with E-state index in [-0.39, 0.29) is 0 Å². The first-order valence-corrected chi connectivity index (χ1v) is 50.4. The van der Waals surface area contributed by atoms with Crippen LogP contribution in [0.15, 0.2) is 295 Å². The van der Waals surface area contributed by atoms with E-state index < -0.39 is 0 Å². The van der Waals surface area contributed by atoms with Crippen LogP contribution in [0.25, 0.3) is 16.5 Å². The summed E-state index contributed by atoms with van der Waals surface area (Å²) in [6.07, 6.45) is 11.7. The van der Waals surface area contributed by atoms with E-state index in [1.165, 1.54) is 100 Å². The Labute approximate surface area is 842 Å². The third-order valence-electron chi connectivity index (χ3n) is 22.6. The monoisotopic (exact) mass is 1880 g/mol. The van der Waals surface area contributed by atoms with E-state index in [9.17, 15) is 0 Å². The summed E-state index contributed by atoms with van der Waals surface area (Å²) in [5.74, 6) is 11.1. The van der Waals surface area contributed by atoms with Gasteiger partial charge < -0.3 is 13.8 Å². The van der Waals surface area contributed by atoms with Crippen molar-refractivity contribution in [1.82, 2.24) is 40.1 Å². The van der Waals surface area contributed by atoms with Crippen molar-refractivity contribution < 1.29 is 9.26 Å². The molecule has 0 amide bonds. The van der Waals surface area contributed by atoms with Crippen molar-refractivity contribution in [2.75, 3.05) is 6.54 Å². The van der Waals surface area contributed by atoms with Crippen LogP contribution in [0.4, 0.5) is 0 Å². The maximum atomic E-state index is 5.92. The molecular weight excluding hydrogens is 1710 g/mol. The molecule has 15 rings (SSSR count). The molecule has 0 saturated carbocycles. The molecule has 2 aliphatic rings. The Morgan fingerprint density at radius 3 is 1.20 bits per heavy atom. The van der Waals surface area contributed by atoms with Crippen LogP contribution in [0.1, 0.15) is 396 Å². The van der Waals surface area contributed by atoms with Gasteiger partial charge >= 0.3 is 0 Å². The van der Waals surface area contributed by atoms with Gasteiger partial charge in [-0.1, -0.05) is 414 Å². The second-order valence-corrected chi connectivity index (χ2v) is 40.7. The van der Waals surface area contributed by atoms with Gasteiger partial charge in [-0.05, 0) is 275 Å². The lowest BCUT2D eigenvalue weighted by Gasteiger charge is -2.19. The summed E-state index contributed by atoms with van der Waals surface area (Å²) in [5, 5.41) is 22.3. The van der Waals surface area contributed by atoms with Crippen molar-refractivity contribution in [1.29, 1.82) is 0 Å². The number of hydrogen-bond donors (Lipinski definition) is 0. The predicted octanol–water partition coefficient (Wildman–Crippen LogP) is 37.3. The number of aromatic nitrogens is 8. The number of pyridine rings is 2. The molecule has 11 nitrogen and oxygen atoms in total. The molecule has 138 heavy (non-hydrogen) atoms.